The van der Waals surface area contributed by atoms with Crippen molar-refractivity contribution in [2.45, 2.75) is 13.3 Å². The molecule has 4 nitrogen and oxygen atoms in total. The first kappa shape index (κ1) is 15.9. The van der Waals surface area contributed by atoms with Crippen LogP contribution in [0.5, 0.6) is 0 Å². The molecule has 112 valence electrons. The van der Waals surface area contributed by atoms with Crippen molar-refractivity contribution < 1.29 is 9.53 Å². The molecule has 1 N–H and O–H groups in total. The first-order valence-electron chi connectivity index (χ1n) is 6.74. The number of rotatable bonds is 5. The number of nitrogens with zero attached hydrogens (tertiary/aromatic N) is 1. The molecule has 22 heavy (non-hydrogen) atoms. The highest BCUT2D eigenvalue weighted by Crippen LogP contribution is 2.28. The second-order valence-corrected chi connectivity index (χ2v) is 5.10. The van der Waals surface area contributed by atoms with E-state index >= 15 is 0 Å². The Kier molecular flexibility index (Phi) is 5.40. The van der Waals surface area contributed by atoms with Crippen molar-refractivity contribution in [3.8, 4) is 6.07 Å². The van der Waals surface area contributed by atoms with E-state index < -0.39 is 5.97 Å². The lowest BCUT2D eigenvalue weighted by Crippen LogP contribution is -2.09. The molecule has 0 spiro atoms. The largest absolute Gasteiger partial charge is 0.450 e. The van der Waals surface area contributed by atoms with Gasteiger partial charge in [-0.15, -0.1) is 0 Å². The minimum absolute atomic E-state index is 0.102. The summed E-state index contributed by atoms with van der Waals surface area (Å²) >= 11 is 6.12. The minimum Gasteiger partial charge on any atom is -0.450 e. The zero-order valence-electron chi connectivity index (χ0n) is 12.1. The predicted octanol–water partition coefficient (Wildman–Crippen LogP) is 4.00. The van der Waals surface area contributed by atoms with Gasteiger partial charge in [0.15, 0.2) is 6.61 Å². The molecule has 0 saturated heterocycles. The number of ether oxygens (including phenoxy) is 1. The zero-order valence-corrected chi connectivity index (χ0v) is 12.9. The van der Waals surface area contributed by atoms with Gasteiger partial charge in [0, 0.05) is 16.4 Å². The van der Waals surface area contributed by atoms with Crippen LogP contribution in [0.4, 0.5) is 11.4 Å². The van der Waals surface area contributed by atoms with Gasteiger partial charge >= 0.3 is 5.97 Å². The standard InChI is InChI=1S/C17H15ClN2O2/c1-12-14(18)6-4-8-15(12)20-16-7-3-2-5-13(16)11-17(21)22-10-9-19/h2-8,20H,10-11H2,1H3. The van der Waals surface area contributed by atoms with Gasteiger partial charge in [-0.25, -0.2) is 0 Å². The van der Waals surface area contributed by atoms with Gasteiger partial charge in [-0.2, -0.15) is 5.26 Å². The van der Waals surface area contributed by atoms with Crippen molar-refractivity contribution >= 4 is 28.9 Å². The van der Waals surface area contributed by atoms with E-state index in [0.29, 0.717) is 5.02 Å². The van der Waals surface area contributed by atoms with Gasteiger partial charge < -0.3 is 10.1 Å². The number of nitriles is 1. The topological polar surface area (TPSA) is 62.1 Å². The fraction of sp³-hybridized carbons (Fsp3) is 0.176. The number of hydrogen-bond donors (Lipinski definition) is 1. The van der Waals surface area contributed by atoms with Crippen LogP contribution in [-0.2, 0) is 16.0 Å². The molecule has 2 aromatic carbocycles. The highest BCUT2D eigenvalue weighted by atomic mass is 35.5. The number of hydrogen-bond acceptors (Lipinski definition) is 4. The summed E-state index contributed by atoms with van der Waals surface area (Å²) in [6.07, 6.45) is 0.102. The van der Waals surface area contributed by atoms with Crippen molar-refractivity contribution in [3.63, 3.8) is 0 Å². The third kappa shape index (κ3) is 4.00. The van der Waals surface area contributed by atoms with E-state index in [2.05, 4.69) is 5.32 Å². The smallest absolute Gasteiger partial charge is 0.311 e. The summed E-state index contributed by atoms with van der Waals surface area (Å²) in [5, 5.41) is 12.4. The molecule has 0 aliphatic carbocycles. The number of esters is 1. The Morgan fingerprint density at radius 1 is 1.23 bits per heavy atom. The third-order valence-electron chi connectivity index (χ3n) is 3.19. The van der Waals surface area contributed by atoms with Crippen LogP contribution in [0.25, 0.3) is 0 Å². The summed E-state index contributed by atoms with van der Waals surface area (Å²) in [5.74, 6) is -0.432. The molecule has 0 amide bonds. The normalized spacial score (nSPS) is 9.86. The number of carbonyl (C=O) groups is 1. The summed E-state index contributed by atoms with van der Waals surface area (Å²) in [6.45, 7) is 1.69. The Labute approximate surface area is 134 Å². The Bertz CT molecular complexity index is 723. The zero-order chi connectivity index (χ0) is 15.9. The minimum atomic E-state index is -0.432. The summed E-state index contributed by atoms with van der Waals surface area (Å²) in [5.41, 5.74) is 3.42. The molecule has 0 saturated carbocycles. The van der Waals surface area contributed by atoms with Crippen LogP contribution in [0.1, 0.15) is 11.1 Å². The number of nitrogens with one attached hydrogen (secondary N) is 1. The van der Waals surface area contributed by atoms with Crippen molar-refractivity contribution in [2.24, 2.45) is 0 Å². The first-order chi connectivity index (χ1) is 10.6. The molecule has 2 aromatic rings. The Morgan fingerprint density at radius 2 is 1.95 bits per heavy atom. The molecule has 0 atom stereocenters. The number of benzene rings is 2. The lowest BCUT2D eigenvalue weighted by Gasteiger charge is -2.14. The van der Waals surface area contributed by atoms with E-state index in [-0.39, 0.29) is 13.0 Å². The maximum absolute atomic E-state index is 11.7. The summed E-state index contributed by atoms with van der Waals surface area (Å²) < 4.78 is 4.79. The average Bonchev–Trinajstić information content (AvgIpc) is 2.51. The van der Waals surface area contributed by atoms with Gasteiger partial charge in [0.05, 0.1) is 6.42 Å². The van der Waals surface area contributed by atoms with E-state index in [0.717, 1.165) is 22.5 Å². The van der Waals surface area contributed by atoms with Gasteiger partial charge in [0.2, 0.25) is 0 Å². The van der Waals surface area contributed by atoms with E-state index in [4.69, 9.17) is 21.6 Å². The van der Waals surface area contributed by atoms with E-state index in [1.165, 1.54) is 0 Å². The Balaban J connectivity index is 2.20. The molecule has 0 radical (unpaired) electrons. The van der Waals surface area contributed by atoms with Gasteiger partial charge in [-0.05, 0) is 36.2 Å². The van der Waals surface area contributed by atoms with Crippen LogP contribution in [-0.4, -0.2) is 12.6 Å². The highest BCUT2D eigenvalue weighted by Gasteiger charge is 2.10. The SMILES string of the molecule is Cc1c(Cl)cccc1Nc1ccccc1CC(=O)OCC#N. The van der Waals surface area contributed by atoms with E-state index in [9.17, 15) is 4.79 Å². The Hall–Kier alpha value is -2.51. The first-order valence-corrected chi connectivity index (χ1v) is 7.12. The van der Waals surface area contributed by atoms with Crippen LogP contribution in [0.3, 0.4) is 0 Å². The second-order valence-electron chi connectivity index (χ2n) is 4.69. The average molecular weight is 315 g/mol. The number of para-hydroxylation sites is 1. The maximum Gasteiger partial charge on any atom is 0.311 e. The predicted molar refractivity (Wildman–Crippen MR) is 86.2 cm³/mol. The number of carbonyl (C=O) groups excluding carboxylic acids is 1. The lowest BCUT2D eigenvalue weighted by atomic mass is 10.1. The molecule has 0 aliphatic heterocycles. The van der Waals surface area contributed by atoms with E-state index in [1.807, 2.05) is 49.4 Å². The van der Waals surface area contributed by atoms with Gasteiger partial charge in [-0.1, -0.05) is 35.9 Å². The van der Waals surface area contributed by atoms with Gasteiger partial charge in [-0.3, -0.25) is 4.79 Å². The molecule has 0 aromatic heterocycles. The summed E-state index contributed by atoms with van der Waals surface area (Å²) in [4.78, 5) is 11.7. The Morgan fingerprint density at radius 3 is 2.73 bits per heavy atom. The second kappa shape index (κ2) is 7.48. The maximum atomic E-state index is 11.7. The van der Waals surface area contributed by atoms with Gasteiger partial charge in [0.1, 0.15) is 6.07 Å². The molecule has 0 aliphatic rings. The van der Waals surface area contributed by atoms with E-state index in [1.54, 1.807) is 6.07 Å². The van der Waals surface area contributed by atoms with Crippen LogP contribution in [0, 0.1) is 18.3 Å². The quantitative estimate of drug-likeness (QED) is 0.847. The van der Waals surface area contributed by atoms with Crippen molar-refractivity contribution in [1.82, 2.24) is 0 Å². The van der Waals surface area contributed by atoms with Crippen molar-refractivity contribution in [3.05, 3.63) is 58.6 Å². The number of halogens is 1. The fourth-order valence-electron chi connectivity index (χ4n) is 2.00. The van der Waals surface area contributed by atoms with Crippen molar-refractivity contribution in [1.29, 1.82) is 5.26 Å². The summed E-state index contributed by atoms with van der Waals surface area (Å²) in [6, 6.07) is 14.8. The molecular weight excluding hydrogens is 300 g/mol. The monoisotopic (exact) mass is 314 g/mol. The molecule has 0 unspecified atom stereocenters. The van der Waals surface area contributed by atoms with Crippen LogP contribution in [0.15, 0.2) is 42.5 Å². The fourth-order valence-corrected chi connectivity index (χ4v) is 2.18. The molecule has 2 rings (SSSR count). The van der Waals surface area contributed by atoms with Crippen LogP contribution in [0.2, 0.25) is 5.02 Å². The molecular formula is C17H15ClN2O2. The van der Waals surface area contributed by atoms with Crippen LogP contribution >= 0.6 is 11.6 Å². The summed E-state index contributed by atoms with van der Waals surface area (Å²) in [7, 11) is 0. The molecule has 0 heterocycles. The number of anilines is 2. The highest BCUT2D eigenvalue weighted by molar-refractivity contribution is 6.31. The lowest BCUT2D eigenvalue weighted by molar-refractivity contribution is -0.141. The van der Waals surface area contributed by atoms with Crippen LogP contribution < -0.4 is 5.32 Å². The molecule has 5 heteroatoms. The van der Waals surface area contributed by atoms with Crippen molar-refractivity contribution in [2.75, 3.05) is 11.9 Å². The van der Waals surface area contributed by atoms with Gasteiger partial charge in [0.25, 0.3) is 0 Å². The third-order valence-corrected chi connectivity index (χ3v) is 3.60. The molecule has 0 bridgehead atoms. The molecule has 0 fully saturated rings.